The lowest BCUT2D eigenvalue weighted by molar-refractivity contribution is -0.125. The number of amides is 3. The number of morpholine rings is 1. The Morgan fingerprint density at radius 2 is 1.90 bits per heavy atom. The monoisotopic (exact) mass is 435 g/mol. The summed E-state index contributed by atoms with van der Waals surface area (Å²) in [7, 11) is 0. The Kier molecular flexibility index (Phi) is 5.44. The summed E-state index contributed by atoms with van der Waals surface area (Å²) in [4.78, 5) is 39.4. The largest absolute Gasteiger partial charge is 0.444 e. The van der Waals surface area contributed by atoms with E-state index in [1.807, 2.05) is 0 Å². The molecule has 0 saturated carbocycles. The number of nitrogens with zero attached hydrogens (tertiary/aromatic N) is 2. The summed E-state index contributed by atoms with van der Waals surface area (Å²) in [6.45, 7) is 1.40. The number of hydrogen-bond donors (Lipinski definition) is 1. The summed E-state index contributed by atoms with van der Waals surface area (Å²) >= 11 is 7.11. The van der Waals surface area contributed by atoms with Crippen molar-refractivity contribution < 1.29 is 23.9 Å². The van der Waals surface area contributed by atoms with Crippen LogP contribution in [0.2, 0.25) is 4.34 Å². The molecular formula is C19H18ClN3O5S. The molecule has 3 amide bonds. The van der Waals surface area contributed by atoms with Gasteiger partial charge in [-0.15, -0.1) is 11.3 Å². The van der Waals surface area contributed by atoms with Crippen LogP contribution >= 0.6 is 22.9 Å². The first kappa shape index (κ1) is 19.7. The molecule has 4 rings (SSSR count). The van der Waals surface area contributed by atoms with Crippen LogP contribution in [0, 0.1) is 0 Å². The molecule has 1 atom stereocenters. The number of rotatable bonds is 5. The topological polar surface area (TPSA) is 102 Å². The molecule has 2 aromatic rings. The zero-order chi connectivity index (χ0) is 20.5. The van der Waals surface area contributed by atoms with E-state index in [1.165, 1.54) is 4.90 Å². The number of hydrogen-bond acceptors (Lipinski definition) is 6. The fourth-order valence-electron chi connectivity index (χ4n) is 3.44. The van der Waals surface area contributed by atoms with E-state index in [2.05, 4.69) is 0 Å². The fourth-order valence-corrected chi connectivity index (χ4v) is 4.58. The van der Waals surface area contributed by atoms with Gasteiger partial charge in [0.15, 0.2) is 0 Å². The van der Waals surface area contributed by atoms with E-state index >= 15 is 0 Å². The predicted molar refractivity (Wildman–Crippen MR) is 109 cm³/mol. The number of carbonyl (C=O) groups excluding carboxylic acids is 3. The molecule has 1 aromatic heterocycles. The van der Waals surface area contributed by atoms with E-state index in [9.17, 15) is 14.4 Å². The lowest BCUT2D eigenvalue weighted by Gasteiger charge is -2.27. The molecule has 0 spiro atoms. The molecule has 0 bridgehead atoms. The molecule has 2 saturated heterocycles. The molecule has 2 aliphatic rings. The van der Waals surface area contributed by atoms with Gasteiger partial charge in [-0.1, -0.05) is 11.6 Å². The van der Waals surface area contributed by atoms with Crippen molar-refractivity contribution in [1.82, 2.24) is 0 Å². The molecule has 0 aliphatic carbocycles. The second-order valence-corrected chi connectivity index (χ2v) is 8.39. The van der Waals surface area contributed by atoms with E-state index in [4.69, 9.17) is 26.8 Å². The van der Waals surface area contributed by atoms with E-state index in [-0.39, 0.29) is 12.5 Å². The number of anilines is 2. The van der Waals surface area contributed by atoms with E-state index in [1.54, 1.807) is 35.2 Å². The number of cyclic esters (lactones) is 1. The minimum Gasteiger partial charge on any atom is -0.444 e. The van der Waals surface area contributed by atoms with Gasteiger partial charge in [0, 0.05) is 24.3 Å². The summed E-state index contributed by atoms with van der Waals surface area (Å²) in [6.07, 6.45) is -0.539. The minimum atomic E-state index is -0.550. The molecule has 1 aromatic carbocycles. The maximum absolute atomic E-state index is 12.3. The van der Waals surface area contributed by atoms with Gasteiger partial charge in [0.05, 0.1) is 22.4 Å². The van der Waals surface area contributed by atoms with Crippen molar-refractivity contribution in [2.45, 2.75) is 12.5 Å². The normalized spacial score (nSPS) is 19.6. The highest BCUT2D eigenvalue weighted by molar-refractivity contribution is 7.18. The van der Waals surface area contributed by atoms with Crippen molar-refractivity contribution in [2.75, 3.05) is 36.1 Å². The number of ether oxygens (including phenoxy) is 2. The standard InChI is InChI=1S/C19H18ClN3O5S/c20-15-8-11(17(29-15)18(21)25)7-14-9-23(19(26)28-14)13-3-1-12(2-4-13)22-5-6-27-10-16(22)24/h1-4,8,14H,5-7,9-10H2,(H2,21,25). The van der Waals surface area contributed by atoms with Crippen LogP contribution in [0.5, 0.6) is 0 Å². The molecule has 29 heavy (non-hydrogen) atoms. The first-order valence-electron chi connectivity index (χ1n) is 8.96. The molecule has 0 radical (unpaired) electrons. The summed E-state index contributed by atoms with van der Waals surface area (Å²) in [6, 6.07) is 8.82. The van der Waals surface area contributed by atoms with Crippen molar-refractivity contribution in [2.24, 2.45) is 5.73 Å². The lowest BCUT2D eigenvalue weighted by Crippen LogP contribution is -2.41. The fraction of sp³-hybridized carbons (Fsp3) is 0.316. The molecule has 152 valence electrons. The average Bonchev–Trinajstić information content (AvgIpc) is 3.24. The van der Waals surface area contributed by atoms with Crippen LogP contribution in [-0.2, 0) is 20.7 Å². The number of primary amides is 1. The van der Waals surface area contributed by atoms with Gasteiger partial charge in [0.25, 0.3) is 11.8 Å². The van der Waals surface area contributed by atoms with Crippen LogP contribution in [0.1, 0.15) is 15.2 Å². The van der Waals surface area contributed by atoms with Crippen LogP contribution in [0.4, 0.5) is 16.2 Å². The summed E-state index contributed by atoms with van der Waals surface area (Å²) in [5.74, 6) is -0.643. The van der Waals surface area contributed by atoms with Crippen molar-refractivity contribution in [1.29, 1.82) is 0 Å². The maximum Gasteiger partial charge on any atom is 0.414 e. The minimum absolute atomic E-state index is 0.0712. The molecule has 2 fully saturated rings. The van der Waals surface area contributed by atoms with Gasteiger partial charge >= 0.3 is 6.09 Å². The molecule has 2 N–H and O–H groups in total. The van der Waals surface area contributed by atoms with Crippen molar-refractivity contribution >= 4 is 52.2 Å². The van der Waals surface area contributed by atoms with Gasteiger partial charge in [-0.25, -0.2) is 4.79 Å². The molecule has 2 aliphatic heterocycles. The third-order valence-corrected chi connectivity index (χ3v) is 6.10. The van der Waals surface area contributed by atoms with Crippen LogP contribution in [-0.4, -0.2) is 50.3 Å². The van der Waals surface area contributed by atoms with Crippen LogP contribution < -0.4 is 15.5 Å². The Morgan fingerprint density at radius 1 is 1.21 bits per heavy atom. The highest BCUT2D eigenvalue weighted by Crippen LogP contribution is 2.31. The van der Waals surface area contributed by atoms with Gasteiger partial charge in [-0.2, -0.15) is 0 Å². The highest BCUT2D eigenvalue weighted by atomic mass is 35.5. The second kappa shape index (κ2) is 8.02. The van der Waals surface area contributed by atoms with Crippen molar-refractivity contribution in [3.05, 3.63) is 45.1 Å². The smallest absolute Gasteiger partial charge is 0.414 e. The maximum atomic E-state index is 12.3. The Labute approximate surface area is 175 Å². The van der Waals surface area contributed by atoms with E-state index in [0.29, 0.717) is 46.6 Å². The predicted octanol–water partition coefficient (Wildman–Crippen LogP) is 2.43. The van der Waals surface area contributed by atoms with Gasteiger partial charge < -0.3 is 20.1 Å². The lowest BCUT2D eigenvalue weighted by atomic mass is 10.1. The van der Waals surface area contributed by atoms with Crippen LogP contribution in [0.15, 0.2) is 30.3 Å². The Bertz CT molecular complexity index is 961. The Balaban J connectivity index is 1.45. The summed E-state index contributed by atoms with van der Waals surface area (Å²) in [5.41, 5.74) is 7.49. The molecule has 1 unspecified atom stereocenters. The summed E-state index contributed by atoms with van der Waals surface area (Å²) < 4.78 is 11.1. The first-order valence-corrected chi connectivity index (χ1v) is 10.2. The Morgan fingerprint density at radius 3 is 2.55 bits per heavy atom. The molecule has 8 nitrogen and oxygen atoms in total. The Hall–Kier alpha value is -2.62. The van der Waals surface area contributed by atoms with Crippen LogP contribution in [0.25, 0.3) is 0 Å². The third-order valence-electron chi connectivity index (χ3n) is 4.78. The molecule has 3 heterocycles. The average molecular weight is 436 g/mol. The zero-order valence-corrected chi connectivity index (χ0v) is 16.9. The van der Waals surface area contributed by atoms with E-state index in [0.717, 1.165) is 17.0 Å². The second-order valence-electron chi connectivity index (χ2n) is 6.70. The van der Waals surface area contributed by atoms with Gasteiger partial charge in [0.1, 0.15) is 12.7 Å². The van der Waals surface area contributed by atoms with E-state index < -0.39 is 18.1 Å². The molecular weight excluding hydrogens is 418 g/mol. The first-order chi connectivity index (χ1) is 13.9. The number of nitrogens with two attached hydrogens (primary N) is 1. The number of carbonyl (C=O) groups is 3. The third kappa shape index (κ3) is 4.07. The zero-order valence-electron chi connectivity index (χ0n) is 15.3. The molecule has 10 heteroatoms. The quantitative estimate of drug-likeness (QED) is 0.777. The number of benzene rings is 1. The number of thiophene rings is 1. The van der Waals surface area contributed by atoms with Gasteiger partial charge in [-0.05, 0) is 35.9 Å². The highest BCUT2D eigenvalue weighted by Gasteiger charge is 2.33. The van der Waals surface area contributed by atoms with Crippen LogP contribution in [0.3, 0.4) is 0 Å². The number of halogens is 1. The summed E-state index contributed by atoms with van der Waals surface area (Å²) in [5, 5.41) is 0. The SMILES string of the molecule is NC(=O)c1sc(Cl)cc1CC1CN(c2ccc(N3CCOCC3=O)cc2)C(=O)O1. The van der Waals surface area contributed by atoms with Crippen molar-refractivity contribution in [3.8, 4) is 0 Å². The van der Waals surface area contributed by atoms with Gasteiger partial charge in [0.2, 0.25) is 0 Å². The van der Waals surface area contributed by atoms with Gasteiger partial charge in [-0.3, -0.25) is 14.5 Å². The van der Waals surface area contributed by atoms with Crippen molar-refractivity contribution in [3.63, 3.8) is 0 Å².